The highest BCUT2D eigenvalue weighted by Crippen LogP contribution is 2.35. The third-order valence-electron chi connectivity index (χ3n) is 3.50. The van der Waals surface area contributed by atoms with E-state index in [4.69, 9.17) is 4.74 Å². The Balaban J connectivity index is 1.83. The van der Waals surface area contributed by atoms with Crippen molar-refractivity contribution in [2.45, 2.75) is 25.2 Å². The van der Waals surface area contributed by atoms with Gasteiger partial charge in [-0.1, -0.05) is 18.2 Å². The quantitative estimate of drug-likeness (QED) is 0.846. The molecule has 17 heavy (non-hydrogen) atoms. The lowest BCUT2D eigenvalue weighted by atomic mass is 9.91. The molecule has 0 fully saturated rings. The predicted octanol–water partition coefficient (Wildman–Crippen LogP) is 2.33. The van der Waals surface area contributed by atoms with Crippen LogP contribution in [0.5, 0.6) is 5.75 Å². The molecule has 0 aromatic heterocycles. The highest BCUT2D eigenvalue weighted by Gasteiger charge is 2.21. The van der Waals surface area contributed by atoms with Crippen LogP contribution in [-0.2, 0) is 0 Å². The van der Waals surface area contributed by atoms with Crippen LogP contribution in [0.15, 0.2) is 29.3 Å². The molecule has 3 nitrogen and oxygen atoms in total. The van der Waals surface area contributed by atoms with Gasteiger partial charge in [-0.25, -0.2) is 0 Å². The summed E-state index contributed by atoms with van der Waals surface area (Å²) in [5.41, 5.74) is 1.35. The van der Waals surface area contributed by atoms with Crippen molar-refractivity contribution in [1.29, 1.82) is 0 Å². The van der Waals surface area contributed by atoms with Crippen LogP contribution in [0.3, 0.4) is 0 Å². The van der Waals surface area contributed by atoms with Crippen LogP contribution in [0.4, 0.5) is 0 Å². The summed E-state index contributed by atoms with van der Waals surface area (Å²) in [4.78, 5) is 4.50. The summed E-state index contributed by atoms with van der Waals surface area (Å²) in [5.74, 6) is 2.79. The van der Waals surface area contributed by atoms with E-state index in [1.807, 2.05) is 6.07 Å². The van der Waals surface area contributed by atoms with Gasteiger partial charge in [0, 0.05) is 13.0 Å². The van der Waals surface area contributed by atoms with Gasteiger partial charge in [-0.2, -0.15) is 0 Å². The highest BCUT2D eigenvalue weighted by molar-refractivity contribution is 5.84. The summed E-state index contributed by atoms with van der Waals surface area (Å²) < 4.78 is 5.78. The zero-order valence-electron chi connectivity index (χ0n) is 9.98. The third kappa shape index (κ3) is 2.28. The lowest BCUT2D eigenvalue weighted by Crippen LogP contribution is -2.20. The summed E-state index contributed by atoms with van der Waals surface area (Å²) in [7, 11) is 0. The largest absolute Gasteiger partial charge is 0.493 e. The molecule has 0 amide bonds. The van der Waals surface area contributed by atoms with Crippen LogP contribution in [0.2, 0.25) is 0 Å². The molecule has 0 radical (unpaired) electrons. The van der Waals surface area contributed by atoms with E-state index in [1.54, 1.807) is 0 Å². The second-order valence-electron chi connectivity index (χ2n) is 4.68. The average Bonchev–Trinajstić information content (AvgIpc) is 2.78. The number of hydrogen-bond donors (Lipinski definition) is 1. The summed E-state index contributed by atoms with van der Waals surface area (Å²) >= 11 is 0. The predicted molar refractivity (Wildman–Crippen MR) is 68.8 cm³/mol. The number of nitrogens with zero attached hydrogens (tertiary/aromatic N) is 1. The van der Waals surface area contributed by atoms with Crippen molar-refractivity contribution in [2.75, 3.05) is 19.7 Å². The number of para-hydroxylation sites is 1. The first-order chi connectivity index (χ1) is 8.43. The van der Waals surface area contributed by atoms with E-state index in [2.05, 4.69) is 28.5 Å². The summed E-state index contributed by atoms with van der Waals surface area (Å²) in [6.45, 7) is 2.77. The Kier molecular flexibility index (Phi) is 2.99. The SMILES string of the molecule is c1ccc2c(c1)OCCCC2CC1=NCCN1. The second-order valence-corrected chi connectivity index (χ2v) is 4.68. The smallest absolute Gasteiger partial charge is 0.122 e. The molecular formula is C14H18N2O. The molecule has 0 saturated heterocycles. The number of ether oxygens (including phenoxy) is 1. The minimum Gasteiger partial charge on any atom is -0.493 e. The maximum absolute atomic E-state index is 5.78. The van der Waals surface area contributed by atoms with Crippen LogP contribution < -0.4 is 10.1 Å². The van der Waals surface area contributed by atoms with E-state index >= 15 is 0 Å². The third-order valence-corrected chi connectivity index (χ3v) is 3.50. The van der Waals surface area contributed by atoms with Crippen LogP contribution in [0, 0.1) is 0 Å². The van der Waals surface area contributed by atoms with Gasteiger partial charge >= 0.3 is 0 Å². The number of rotatable bonds is 2. The molecule has 1 N–H and O–H groups in total. The van der Waals surface area contributed by atoms with Crippen molar-refractivity contribution in [2.24, 2.45) is 4.99 Å². The molecule has 2 heterocycles. The Morgan fingerprint density at radius 2 is 2.29 bits per heavy atom. The molecule has 0 saturated carbocycles. The number of amidine groups is 1. The van der Waals surface area contributed by atoms with E-state index in [1.165, 1.54) is 17.8 Å². The highest BCUT2D eigenvalue weighted by atomic mass is 16.5. The fourth-order valence-corrected chi connectivity index (χ4v) is 2.65. The van der Waals surface area contributed by atoms with Crippen molar-refractivity contribution < 1.29 is 4.74 Å². The first-order valence-electron chi connectivity index (χ1n) is 6.42. The monoisotopic (exact) mass is 230 g/mol. The Morgan fingerprint density at radius 1 is 1.35 bits per heavy atom. The van der Waals surface area contributed by atoms with E-state index in [-0.39, 0.29) is 0 Å². The van der Waals surface area contributed by atoms with Crippen molar-refractivity contribution >= 4 is 5.84 Å². The minimum absolute atomic E-state index is 0.554. The standard InChI is InChI=1S/C14H18N2O/c1-2-6-13-12(5-1)11(4-3-9-17-13)10-14-15-7-8-16-14/h1-2,5-6,11H,3-4,7-10H2,(H,15,16). The molecule has 2 aliphatic heterocycles. The fourth-order valence-electron chi connectivity index (χ4n) is 2.65. The Morgan fingerprint density at radius 3 is 3.18 bits per heavy atom. The first-order valence-corrected chi connectivity index (χ1v) is 6.42. The number of hydrogen-bond acceptors (Lipinski definition) is 3. The fraction of sp³-hybridized carbons (Fsp3) is 0.500. The van der Waals surface area contributed by atoms with Crippen molar-refractivity contribution in [3.63, 3.8) is 0 Å². The number of aliphatic imine (C=N–C) groups is 1. The molecule has 1 atom stereocenters. The van der Waals surface area contributed by atoms with E-state index in [9.17, 15) is 0 Å². The molecule has 1 aromatic carbocycles. The van der Waals surface area contributed by atoms with E-state index < -0.39 is 0 Å². The van der Waals surface area contributed by atoms with Crippen LogP contribution >= 0.6 is 0 Å². The molecule has 90 valence electrons. The van der Waals surface area contributed by atoms with Gasteiger partial charge in [-0.3, -0.25) is 4.99 Å². The normalized spacial score (nSPS) is 23.1. The summed E-state index contributed by atoms with van der Waals surface area (Å²) in [6, 6.07) is 8.43. The molecule has 3 heteroatoms. The molecule has 1 unspecified atom stereocenters. The lowest BCUT2D eigenvalue weighted by Gasteiger charge is -2.16. The van der Waals surface area contributed by atoms with Crippen LogP contribution in [0.25, 0.3) is 0 Å². The Labute approximate surface area is 102 Å². The van der Waals surface area contributed by atoms with Crippen molar-refractivity contribution in [3.05, 3.63) is 29.8 Å². The van der Waals surface area contributed by atoms with Crippen molar-refractivity contribution in [3.8, 4) is 5.75 Å². The van der Waals surface area contributed by atoms with E-state index in [0.29, 0.717) is 5.92 Å². The molecule has 0 bridgehead atoms. The number of nitrogens with one attached hydrogen (secondary N) is 1. The van der Waals surface area contributed by atoms with Gasteiger partial charge in [0.25, 0.3) is 0 Å². The first kappa shape index (κ1) is 10.6. The zero-order chi connectivity index (χ0) is 11.5. The molecule has 2 aliphatic rings. The lowest BCUT2D eigenvalue weighted by molar-refractivity contribution is 0.316. The zero-order valence-corrected chi connectivity index (χ0v) is 9.98. The Bertz CT molecular complexity index is 428. The average molecular weight is 230 g/mol. The van der Waals surface area contributed by atoms with Gasteiger partial charge in [-0.05, 0) is 30.4 Å². The maximum Gasteiger partial charge on any atom is 0.122 e. The summed E-state index contributed by atoms with van der Waals surface area (Å²) in [6.07, 6.45) is 3.35. The van der Waals surface area contributed by atoms with Gasteiger partial charge in [0.1, 0.15) is 5.75 Å². The molecule has 3 rings (SSSR count). The molecular weight excluding hydrogens is 212 g/mol. The number of fused-ring (bicyclic) bond motifs is 1. The molecule has 1 aromatic rings. The van der Waals surface area contributed by atoms with Crippen molar-refractivity contribution in [1.82, 2.24) is 5.32 Å². The van der Waals surface area contributed by atoms with Gasteiger partial charge in [0.2, 0.25) is 0 Å². The van der Waals surface area contributed by atoms with E-state index in [0.717, 1.165) is 38.3 Å². The second kappa shape index (κ2) is 4.78. The van der Waals surface area contributed by atoms with Gasteiger partial charge < -0.3 is 10.1 Å². The molecule has 0 aliphatic carbocycles. The van der Waals surface area contributed by atoms with Gasteiger partial charge in [0.15, 0.2) is 0 Å². The Hall–Kier alpha value is -1.51. The summed E-state index contributed by atoms with van der Waals surface area (Å²) in [5, 5.41) is 3.36. The topological polar surface area (TPSA) is 33.6 Å². The van der Waals surface area contributed by atoms with Crippen LogP contribution in [0.1, 0.15) is 30.7 Å². The minimum atomic E-state index is 0.554. The number of benzene rings is 1. The molecule has 0 spiro atoms. The van der Waals surface area contributed by atoms with Gasteiger partial charge in [-0.15, -0.1) is 0 Å². The van der Waals surface area contributed by atoms with Crippen LogP contribution in [-0.4, -0.2) is 25.5 Å². The van der Waals surface area contributed by atoms with Gasteiger partial charge in [0.05, 0.1) is 19.0 Å². The maximum atomic E-state index is 5.78.